The first-order valence-electron chi connectivity index (χ1n) is 7.62. The fourth-order valence-electron chi connectivity index (χ4n) is 2.82. The van der Waals surface area contributed by atoms with Crippen molar-refractivity contribution in [2.45, 2.75) is 26.3 Å². The molecule has 0 aliphatic carbocycles. The van der Waals surface area contributed by atoms with Gasteiger partial charge in [-0.3, -0.25) is 0 Å². The van der Waals surface area contributed by atoms with Crippen molar-refractivity contribution in [3.8, 4) is 0 Å². The molecule has 2 aromatic rings. The minimum atomic E-state index is 0.398. The molecule has 0 aromatic heterocycles. The van der Waals surface area contributed by atoms with E-state index in [1.54, 1.807) is 0 Å². The van der Waals surface area contributed by atoms with E-state index in [1.165, 1.54) is 22.4 Å². The number of para-hydroxylation sites is 1. The summed E-state index contributed by atoms with van der Waals surface area (Å²) in [4.78, 5) is 2.31. The van der Waals surface area contributed by atoms with E-state index in [2.05, 4.69) is 79.6 Å². The minimum Gasteiger partial charge on any atom is -0.375 e. The highest BCUT2D eigenvalue weighted by Gasteiger charge is 2.11. The van der Waals surface area contributed by atoms with Crippen LogP contribution in [0.2, 0.25) is 0 Å². The van der Waals surface area contributed by atoms with Gasteiger partial charge in [-0.05, 0) is 45.0 Å². The standard InChI is InChI=1S/C19H26N2/c1-15-12-16(2)14-17(13-15)19(20-3)10-11-21(4)18-8-6-5-7-9-18/h5-9,12-14,19-20H,10-11H2,1-4H3. The Morgan fingerprint density at radius 2 is 1.62 bits per heavy atom. The molecule has 2 heteroatoms. The number of hydrogen-bond donors (Lipinski definition) is 1. The summed E-state index contributed by atoms with van der Waals surface area (Å²) < 4.78 is 0. The predicted molar refractivity (Wildman–Crippen MR) is 92.0 cm³/mol. The van der Waals surface area contributed by atoms with Crippen LogP contribution in [0.25, 0.3) is 0 Å². The normalized spacial score (nSPS) is 12.2. The second-order valence-corrected chi connectivity index (χ2v) is 5.81. The van der Waals surface area contributed by atoms with Gasteiger partial charge in [0, 0.05) is 25.3 Å². The summed E-state index contributed by atoms with van der Waals surface area (Å²) in [5, 5.41) is 3.45. The Morgan fingerprint density at radius 3 is 2.19 bits per heavy atom. The molecule has 1 N–H and O–H groups in total. The summed E-state index contributed by atoms with van der Waals surface area (Å²) in [6.07, 6.45) is 1.09. The van der Waals surface area contributed by atoms with Crippen molar-refractivity contribution in [2.75, 3.05) is 25.5 Å². The van der Waals surface area contributed by atoms with E-state index in [-0.39, 0.29) is 0 Å². The van der Waals surface area contributed by atoms with Crippen LogP contribution in [0, 0.1) is 13.8 Å². The van der Waals surface area contributed by atoms with Gasteiger partial charge in [0.05, 0.1) is 0 Å². The van der Waals surface area contributed by atoms with Crippen molar-refractivity contribution in [1.29, 1.82) is 0 Å². The Bertz CT molecular complexity index is 543. The lowest BCUT2D eigenvalue weighted by Gasteiger charge is -2.24. The Morgan fingerprint density at radius 1 is 1.00 bits per heavy atom. The average molecular weight is 282 g/mol. The highest BCUT2D eigenvalue weighted by Crippen LogP contribution is 2.21. The monoisotopic (exact) mass is 282 g/mol. The molecule has 0 radical (unpaired) electrons. The third kappa shape index (κ3) is 4.33. The van der Waals surface area contributed by atoms with Crippen LogP contribution in [0.4, 0.5) is 5.69 Å². The molecule has 0 fully saturated rings. The summed E-state index contributed by atoms with van der Waals surface area (Å²) in [6, 6.07) is 17.8. The smallest absolute Gasteiger partial charge is 0.0363 e. The molecular formula is C19H26N2. The van der Waals surface area contributed by atoms with E-state index in [4.69, 9.17) is 0 Å². The quantitative estimate of drug-likeness (QED) is 0.858. The highest BCUT2D eigenvalue weighted by atomic mass is 15.1. The maximum Gasteiger partial charge on any atom is 0.0363 e. The molecule has 0 aliphatic heterocycles. The summed E-state index contributed by atoms with van der Waals surface area (Å²) in [6.45, 7) is 5.36. The molecule has 0 heterocycles. The summed E-state index contributed by atoms with van der Waals surface area (Å²) in [7, 11) is 4.20. The van der Waals surface area contributed by atoms with Crippen LogP contribution in [-0.4, -0.2) is 20.6 Å². The van der Waals surface area contributed by atoms with Crippen molar-refractivity contribution >= 4 is 5.69 Å². The van der Waals surface area contributed by atoms with Gasteiger partial charge in [-0.2, -0.15) is 0 Å². The fraction of sp³-hybridized carbons (Fsp3) is 0.368. The third-order valence-electron chi connectivity index (χ3n) is 3.94. The van der Waals surface area contributed by atoms with E-state index in [0.29, 0.717) is 6.04 Å². The highest BCUT2D eigenvalue weighted by molar-refractivity contribution is 5.45. The van der Waals surface area contributed by atoms with Crippen molar-refractivity contribution < 1.29 is 0 Å². The van der Waals surface area contributed by atoms with Crippen LogP contribution in [0.15, 0.2) is 48.5 Å². The lowest BCUT2D eigenvalue weighted by atomic mass is 9.99. The summed E-state index contributed by atoms with van der Waals surface area (Å²) in [5.41, 5.74) is 5.33. The molecule has 112 valence electrons. The lowest BCUT2D eigenvalue weighted by molar-refractivity contribution is 0.549. The zero-order valence-electron chi connectivity index (χ0n) is 13.6. The second-order valence-electron chi connectivity index (χ2n) is 5.81. The molecule has 0 bridgehead atoms. The van der Waals surface area contributed by atoms with Crippen LogP contribution >= 0.6 is 0 Å². The summed E-state index contributed by atoms with van der Waals surface area (Å²) >= 11 is 0. The van der Waals surface area contributed by atoms with Gasteiger partial charge >= 0.3 is 0 Å². The zero-order chi connectivity index (χ0) is 15.2. The van der Waals surface area contributed by atoms with Gasteiger partial charge in [0.2, 0.25) is 0 Å². The molecule has 1 atom stereocenters. The van der Waals surface area contributed by atoms with Crippen molar-refractivity contribution in [3.05, 3.63) is 65.2 Å². The molecule has 2 aromatic carbocycles. The van der Waals surface area contributed by atoms with Gasteiger partial charge in [-0.1, -0.05) is 47.5 Å². The SMILES string of the molecule is CNC(CCN(C)c1ccccc1)c1cc(C)cc(C)c1. The number of nitrogens with zero attached hydrogens (tertiary/aromatic N) is 1. The van der Waals surface area contributed by atoms with E-state index in [9.17, 15) is 0 Å². The number of nitrogens with one attached hydrogen (secondary N) is 1. The van der Waals surface area contributed by atoms with Crippen LogP contribution < -0.4 is 10.2 Å². The zero-order valence-corrected chi connectivity index (χ0v) is 13.6. The Labute approximate surface area is 128 Å². The molecule has 0 saturated heterocycles. The number of anilines is 1. The number of aryl methyl sites for hydroxylation is 2. The largest absolute Gasteiger partial charge is 0.375 e. The van der Waals surface area contributed by atoms with Gasteiger partial charge in [0.1, 0.15) is 0 Å². The third-order valence-corrected chi connectivity index (χ3v) is 3.94. The molecule has 2 nitrogen and oxygen atoms in total. The van der Waals surface area contributed by atoms with Gasteiger partial charge in [-0.25, -0.2) is 0 Å². The average Bonchev–Trinajstić information content (AvgIpc) is 2.47. The first-order valence-corrected chi connectivity index (χ1v) is 7.62. The first-order chi connectivity index (χ1) is 10.1. The number of benzene rings is 2. The second kappa shape index (κ2) is 7.28. The Kier molecular flexibility index (Phi) is 5.40. The van der Waals surface area contributed by atoms with Crippen LogP contribution in [0.1, 0.15) is 29.2 Å². The van der Waals surface area contributed by atoms with Gasteiger partial charge in [0.25, 0.3) is 0 Å². The van der Waals surface area contributed by atoms with Crippen molar-refractivity contribution in [3.63, 3.8) is 0 Å². The maximum absolute atomic E-state index is 3.45. The molecule has 1 unspecified atom stereocenters. The number of hydrogen-bond acceptors (Lipinski definition) is 2. The van der Waals surface area contributed by atoms with Crippen molar-refractivity contribution in [2.24, 2.45) is 0 Å². The predicted octanol–water partition coefficient (Wildman–Crippen LogP) is 4.09. The fourth-order valence-corrected chi connectivity index (χ4v) is 2.82. The first kappa shape index (κ1) is 15.6. The molecule has 0 spiro atoms. The maximum atomic E-state index is 3.45. The van der Waals surface area contributed by atoms with Crippen molar-refractivity contribution in [1.82, 2.24) is 5.32 Å². The van der Waals surface area contributed by atoms with Crippen LogP contribution in [0.5, 0.6) is 0 Å². The molecule has 21 heavy (non-hydrogen) atoms. The van der Waals surface area contributed by atoms with E-state index >= 15 is 0 Å². The van der Waals surface area contributed by atoms with E-state index in [1.807, 2.05) is 7.05 Å². The topological polar surface area (TPSA) is 15.3 Å². The van der Waals surface area contributed by atoms with E-state index in [0.717, 1.165) is 13.0 Å². The summed E-state index contributed by atoms with van der Waals surface area (Å²) in [5.74, 6) is 0. The van der Waals surface area contributed by atoms with Crippen LogP contribution in [-0.2, 0) is 0 Å². The van der Waals surface area contributed by atoms with Gasteiger partial charge in [-0.15, -0.1) is 0 Å². The van der Waals surface area contributed by atoms with Crippen LogP contribution in [0.3, 0.4) is 0 Å². The molecule has 2 rings (SSSR count). The Hall–Kier alpha value is -1.80. The van der Waals surface area contributed by atoms with Gasteiger partial charge < -0.3 is 10.2 Å². The van der Waals surface area contributed by atoms with E-state index < -0.39 is 0 Å². The minimum absolute atomic E-state index is 0.398. The lowest BCUT2D eigenvalue weighted by Crippen LogP contribution is -2.25. The molecule has 0 aliphatic rings. The molecule has 0 amide bonds. The van der Waals surface area contributed by atoms with Gasteiger partial charge in [0.15, 0.2) is 0 Å². The molecule has 0 saturated carbocycles. The number of rotatable bonds is 6. The molecular weight excluding hydrogens is 256 g/mol. The Balaban J connectivity index is 2.02.